The number of Topliss-reactive ketones (excluding diaryl/α,β-unsaturated/α-hetero) is 1. The number of aromatic nitrogens is 2. The van der Waals surface area contributed by atoms with Gasteiger partial charge >= 0.3 is 0 Å². The van der Waals surface area contributed by atoms with Crippen molar-refractivity contribution in [2.24, 2.45) is 5.92 Å². The van der Waals surface area contributed by atoms with Crippen molar-refractivity contribution in [2.45, 2.75) is 45.6 Å². The largest absolute Gasteiger partial charge is 0.376 e. The van der Waals surface area contributed by atoms with Crippen molar-refractivity contribution < 1.29 is 9.53 Å². The predicted octanol–water partition coefficient (Wildman–Crippen LogP) is 2.14. The van der Waals surface area contributed by atoms with Crippen molar-refractivity contribution >= 4 is 11.7 Å². The fourth-order valence-electron chi connectivity index (χ4n) is 3.05. The lowest BCUT2D eigenvalue weighted by molar-refractivity contribution is 0.0950. The highest BCUT2D eigenvalue weighted by atomic mass is 16.5. The van der Waals surface area contributed by atoms with Crippen molar-refractivity contribution in [3.63, 3.8) is 0 Å². The van der Waals surface area contributed by atoms with E-state index in [1.54, 1.807) is 0 Å². The van der Waals surface area contributed by atoms with Crippen LogP contribution in [0.15, 0.2) is 0 Å². The fourth-order valence-corrected chi connectivity index (χ4v) is 3.05. The topological polar surface area (TPSA) is 64.1 Å². The van der Waals surface area contributed by atoms with Crippen molar-refractivity contribution in [3.8, 4) is 0 Å². The summed E-state index contributed by atoms with van der Waals surface area (Å²) in [6, 6.07) is 0. The standard InChI is InChI=1S/C15H21N3O2/c1-9-6-12-14(13(19)7-9)10(2)17-15(18-12)16-8-11-4-3-5-20-11/h9,11H,3-8H2,1-2H3,(H,16,17,18)/t9-,11-/m1/s1. The van der Waals surface area contributed by atoms with Gasteiger partial charge in [0, 0.05) is 19.6 Å². The zero-order valence-electron chi connectivity index (χ0n) is 12.1. The lowest BCUT2D eigenvalue weighted by Crippen LogP contribution is -2.24. The Kier molecular flexibility index (Phi) is 3.70. The van der Waals surface area contributed by atoms with Crippen molar-refractivity contribution in [3.05, 3.63) is 17.0 Å². The summed E-state index contributed by atoms with van der Waals surface area (Å²) in [7, 11) is 0. The number of rotatable bonds is 3. The summed E-state index contributed by atoms with van der Waals surface area (Å²) in [6.45, 7) is 5.58. The van der Waals surface area contributed by atoms with Crippen LogP contribution in [-0.4, -0.2) is 35.0 Å². The number of carbonyl (C=O) groups is 1. The van der Waals surface area contributed by atoms with Gasteiger partial charge in [0.1, 0.15) is 0 Å². The highest BCUT2D eigenvalue weighted by molar-refractivity contribution is 5.99. The molecular weight excluding hydrogens is 254 g/mol. The molecule has 1 saturated heterocycles. The molecule has 0 radical (unpaired) electrons. The zero-order valence-corrected chi connectivity index (χ0v) is 12.1. The van der Waals surface area contributed by atoms with E-state index in [0.29, 0.717) is 18.3 Å². The normalized spacial score (nSPS) is 25.6. The quantitative estimate of drug-likeness (QED) is 0.915. The summed E-state index contributed by atoms with van der Waals surface area (Å²) in [6.07, 6.45) is 3.95. The van der Waals surface area contributed by atoms with Gasteiger partial charge in [0.25, 0.3) is 0 Å². The summed E-state index contributed by atoms with van der Waals surface area (Å²) in [5, 5.41) is 3.25. The van der Waals surface area contributed by atoms with Crippen LogP contribution in [0.25, 0.3) is 0 Å². The van der Waals surface area contributed by atoms with Gasteiger partial charge in [0.15, 0.2) is 5.78 Å². The Labute approximate surface area is 119 Å². The third kappa shape index (κ3) is 2.68. The van der Waals surface area contributed by atoms with Crippen molar-refractivity contribution in [2.75, 3.05) is 18.5 Å². The molecular formula is C15H21N3O2. The molecule has 0 aromatic carbocycles. The molecule has 1 aliphatic carbocycles. The molecule has 1 aromatic heterocycles. The molecule has 0 saturated carbocycles. The van der Waals surface area contributed by atoms with Gasteiger partial charge < -0.3 is 10.1 Å². The highest BCUT2D eigenvalue weighted by Crippen LogP contribution is 2.26. The second kappa shape index (κ2) is 5.48. The van der Waals surface area contributed by atoms with E-state index in [1.165, 1.54) is 0 Å². The van der Waals surface area contributed by atoms with Crippen molar-refractivity contribution in [1.82, 2.24) is 9.97 Å². The molecule has 1 fully saturated rings. The molecule has 0 unspecified atom stereocenters. The third-order valence-corrected chi connectivity index (χ3v) is 4.03. The molecule has 20 heavy (non-hydrogen) atoms. The molecule has 1 aliphatic heterocycles. The number of aryl methyl sites for hydroxylation is 1. The Morgan fingerprint density at radius 3 is 2.95 bits per heavy atom. The van der Waals surface area contributed by atoms with Gasteiger partial charge in [-0.2, -0.15) is 0 Å². The minimum absolute atomic E-state index is 0.182. The Morgan fingerprint density at radius 2 is 2.20 bits per heavy atom. The van der Waals surface area contributed by atoms with Crippen LogP contribution in [-0.2, 0) is 11.2 Å². The maximum Gasteiger partial charge on any atom is 0.223 e. The molecule has 5 heteroatoms. The number of carbonyl (C=O) groups excluding carboxylic acids is 1. The molecule has 1 N–H and O–H groups in total. The van der Waals surface area contributed by atoms with Gasteiger partial charge in [-0.3, -0.25) is 4.79 Å². The number of ether oxygens (including phenoxy) is 1. The molecule has 0 bridgehead atoms. The highest BCUT2D eigenvalue weighted by Gasteiger charge is 2.26. The molecule has 5 nitrogen and oxygen atoms in total. The maximum absolute atomic E-state index is 12.1. The second-order valence-corrected chi connectivity index (χ2v) is 5.91. The molecule has 1 aromatic rings. The Morgan fingerprint density at radius 1 is 1.35 bits per heavy atom. The third-order valence-electron chi connectivity index (χ3n) is 4.03. The molecule has 2 heterocycles. The first kappa shape index (κ1) is 13.5. The van der Waals surface area contributed by atoms with E-state index in [1.807, 2.05) is 6.92 Å². The first-order chi connectivity index (χ1) is 9.63. The van der Waals surface area contributed by atoms with Crippen molar-refractivity contribution in [1.29, 1.82) is 0 Å². The first-order valence-electron chi connectivity index (χ1n) is 7.39. The Balaban J connectivity index is 1.77. The second-order valence-electron chi connectivity index (χ2n) is 5.91. The van der Waals surface area contributed by atoms with E-state index in [9.17, 15) is 4.79 Å². The monoisotopic (exact) mass is 275 g/mol. The lowest BCUT2D eigenvalue weighted by atomic mass is 9.86. The van der Waals surface area contributed by atoms with Crippen LogP contribution in [0.4, 0.5) is 5.95 Å². The first-order valence-corrected chi connectivity index (χ1v) is 7.39. The van der Waals surface area contributed by atoms with Gasteiger partial charge in [-0.15, -0.1) is 0 Å². The lowest BCUT2D eigenvalue weighted by Gasteiger charge is -2.21. The summed E-state index contributed by atoms with van der Waals surface area (Å²) in [5.41, 5.74) is 2.43. The molecule has 108 valence electrons. The number of hydrogen-bond donors (Lipinski definition) is 1. The molecule has 3 rings (SSSR count). The van der Waals surface area contributed by atoms with Crippen LogP contribution in [0.2, 0.25) is 0 Å². The van der Waals surface area contributed by atoms with Crippen LogP contribution in [0.5, 0.6) is 0 Å². The van der Waals surface area contributed by atoms with E-state index >= 15 is 0 Å². The summed E-state index contributed by atoms with van der Waals surface area (Å²) in [5.74, 6) is 1.18. The smallest absolute Gasteiger partial charge is 0.223 e. The van der Waals surface area contributed by atoms with Gasteiger partial charge in [0.05, 0.1) is 23.1 Å². The summed E-state index contributed by atoms with van der Waals surface area (Å²) < 4.78 is 5.58. The van der Waals surface area contributed by atoms with Gasteiger partial charge in [-0.25, -0.2) is 9.97 Å². The van der Waals surface area contributed by atoms with Gasteiger partial charge in [0.2, 0.25) is 5.95 Å². The fraction of sp³-hybridized carbons (Fsp3) is 0.667. The van der Waals surface area contributed by atoms with E-state index in [2.05, 4.69) is 22.2 Å². The average Bonchev–Trinajstić information content (AvgIpc) is 2.88. The average molecular weight is 275 g/mol. The van der Waals surface area contributed by atoms with Crippen LogP contribution in [0, 0.1) is 12.8 Å². The van der Waals surface area contributed by atoms with Gasteiger partial charge in [-0.1, -0.05) is 6.92 Å². The summed E-state index contributed by atoms with van der Waals surface area (Å²) in [4.78, 5) is 21.0. The van der Waals surface area contributed by atoms with Crippen LogP contribution in [0.3, 0.4) is 0 Å². The van der Waals surface area contributed by atoms with Crippen LogP contribution >= 0.6 is 0 Å². The number of anilines is 1. The zero-order chi connectivity index (χ0) is 14.1. The Bertz CT molecular complexity index is 524. The number of hydrogen-bond acceptors (Lipinski definition) is 5. The maximum atomic E-state index is 12.1. The number of nitrogens with one attached hydrogen (secondary N) is 1. The number of fused-ring (bicyclic) bond motifs is 1. The Hall–Kier alpha value is -1.49. The molecule has 2 atom stereocenters. The van der Waals surface area contributed by atoms with Crippen LogP contribution in [0.1, 0.15) is 47.9 Å². The minimum atomic E-state index is 0.182. The van der Waals surface area contributed by atoms with Gasteiger partial charge in [-0.05, 0) is 32.1 Å². The van der Waals surface area contributed by atoms with E-state index < -0.39 is 0 Å². The molecule has 0 amide bonds. The number of nitrogens with zero attached hydrogens (tertiary/aromatic N) is 2. The van der Waals surface area contributed by atoms with E-state index in [-0.39, 0.29) is 11.9 Å². The number of ketones is 1. The van der Waals surface area contributed by atoms with E-state index in [0.717, 1.165) is 49.4 Å². The SMILES string of the molecule is Cc1nc(NC[C@H]2CCCO2)nc2c1C(=O)C[C@H](C)C2. The predicted molar refractivity (Wildman–Crippen MR) is 76.0 cm³/mol. The molecule has 0 spiro atoms. The molecule has 2 aliphatic rings. The van der Waals surface area contributed by atoms with Crippen LogP contribution < -0.4 is 5.32 Å². The van der Waals surface area contributed by atoms with E-state index in [4.69, 9.17) is 4.74 Å². The minimum Gasteiger partial charge on any atom is -0.376 e. The summed E-state index contributed by atoms with van der Waals surface area (Å²) >= 11 is 0.